The summed E-state index contributed by atoms with van der Waals surface area (Å²) in [6.07, 6.45) is -20.5. The summed E-state index contributed by atoms with van der Waals surface area (Å²) in [5.41, 5.74) is 3.07. The lowest BCUT2D eigenvalue weighted by atomic mass is 9.75. The van der Waals surface area contributed by atoms with E-state index in [0.717, 1.165) is 29.2 Å². The summed E-state index contributed by atoms with van der Waals surface area (Å²) in [5.74, 6) is -7.95. The third kappa shape index (κ3) is 21.3. The van der Waals surface area contributed by atoms with E-state index in [1.54, 1.807) is 84.0 Å². The van der Waals surface area contributed by atoms with Crippen LogP contribution in [-0.2, 0) is 32.1 Å². The molecule has 15 atom stereocenters. The molecule has 0 aromatic heterocycles. The first-order valence-electron chi connectivity index (χ1n) is 59.4. The lowest BCUT2D eigenvalue weighted by Crippen LogP contribution is -2.48. The topological polar surface area (TPSA) is 210 Å². The summed E-state index contributed by atoms with van der Waals surface area (Å²) < 4.78 is 376. The normalized spacial score (nSPS) is 40.4. The highest BCUT2D eigenvalue weighted by Gasteiger charge is 2.45. The van der Waals surface area contributed by atoms with Crippen molar-refractivity contribution in [3.05, 3.63) is 116 Å². The van der Waals surface area contributed by atoms with Crippen LogP contribution in [0.3, 0.4) is 0 Å². The van der Waals surface area contributed by atoms with Gasteiger partial charge in [0.05, 0.1) is 118 Å². The molecule has 0 spiro atoms. The minimum Gasteiger partial charge on any atom is -0.493 e. The van der Waals surface area contributed by atoms with Gasteiger partial charge in [-0.2, -0.15) is 0 Å². The molecule has 10 heterocycles. The van der Waals surface area contributed by atoms with Gasteiger partial charge in [-0.25, -0.2) is 0 Å². The van der Waals surface area contributed by atoms with Crippen molar-refractivity contribution in [3.63, 3.8) is 0 Å². The number of hydrogen-bond acceptors (Lipinski definition) is 20. The molecule has 5 N–H and O–H groups in total. The second kappa shape index (κ2) is 40.4. The Hall–Kier alpha value is -6.30. The number of nitrogens with zero attached hydrogens (tertiary/aromatic N) is 5. The average Bonchev–Trinajstić information content (AvgIpc) is 0.677. The Morgan fingerprint density at radius 3 is 0.862 bits per heavy atom. The van der Waals surface area contributed by atoms with E-state index in [4.69, 9.17) is 101 Å². The molecule has 5 fully saturated rings. The summed E-state index contributed by atoms with van der Waals surface area (Å²) in [4.78, 5) is 6.88. The first kappa shape index (κ1) is 51.5. The molecular formula is C96H147N5O15. The van der Waals surface area contributed by atoms with Crippen molar-refractivity contribution < 1.29 is 126 Å². The molecular weight excluding hydrogens is 1460 g/mol. The molecule has 10 aliphatic rings. The minimum atomic E-state index is -3.35. The molecule has 5 aromatic rings. The number of benzene rings is 5. The number of ether oxygens (including phenoxy) is 10. The van der Waals surface area contributed by atoms with Crippen molar-refractivity contribution in [3.8, 4) is 57.5 Å². The van der Waals surface area contributed by atoms with Gasteiger partial charge in [-0.1, -0.05) is 76.0 Å². The highest BCUT2D eigenvalue weighted by Crippen LogP contribution is 2.51. The molecule has 5 saturated heterocycles. The number of rotatable bonds is 19. The van der Waals surface area contributed by atoms with Crippen molar-refractivity contribution >= 4 is 0 Å². The van der Waals surface area contributed by atoms with Crippen LogP contribution in [-0.4, -0.2) is 217 Å². The second-order valence-electron chi connectivity index (χ2n) is 32.6. The predicted molar refractivity (Wildman–Crippen MR) is 460 cm³/mol. The highest BCUT2D eigenvalue weighted by atomic mass is 16.5. The van der Waals surface area contributed by atoms with Crippen LogP contribution in [0, 0.1) is 58.6 Å². The third-order valence-corrected chi connectivity index (χ3v) is 22.2. The minimum absolute atomic E-state index is 0.0433. The van der Waals surface area contributed by atoms with E-state index in [0.29, 0.717) is 95.2 Å². The summed E-state index contributed by atoms with van der Waals surface area (Å²) in [6, 6.07) is 10.7. The molecule has 15 rings (SSSR count). The lowest BCUT2D eigenvalue weighted by Gasteiger charge is -2.47. The smallest absolute Gasteiger partial charge is 0.161 e. The molecule has 5 aromatic carbocycles. The number of methoxy groups -OCH3 is 10. The first-order valence-corrected chi connectivity index (χ1v) is 39.9. The van der Waals surface area contributed by atoms with Crippen LogP contribution in [0.4, 0.5) is 0 Å². The van der Waals surface area contributed by atoms with Crippen LogP contribution in [0.15, 0.2) is 60.7 Å². The molecule has 0 aliphatic carbocycles. The van der Waals surface area contributed by atoms with Crippen LogP contribution in [0.5, 0.6) is 57.5 Å². The Morgan fingerprint density at radius 2 is 0.603 bits per heavy atom. The van der Waals surface area contributed by atoms with Crippen molar-refractivity contribution in [2.75, 3.05) is 136 Å². The van der Waals surface area contributed by atoms with Crippen LogP contribution >= 0.6 is 0 Å². The van der Waals surface area contributed by atoms with Gasteiger partial charge < -0.3 is 72.9 Å². The van der Waals surface area contributed by atoms with Gasteiger partial charge in [-0.15, -0.1) is 0 Å². The number of piperidine rings is 5. The van der Waals surface area contributed by atoms with Crippen LogP contribution in [0.25, 0.3) is 0 Å². The van der Waals surface area contributed by atoms with Crippen LogP contribution in [0.2, 0.25) is 0 Å². The predicted octanol–water partition coefficient (Wildman–Crippen LogP) is 15.5. The number of fused-ring (bicyclic) bond motifs is 15. The molecule has 20 heteroatoms. The van der Waals surface area contributed by atoms with E-state index in [9.17, 15) is 25.5 Å². The molecule has 0 bridgehead atoms. The zero-order valence-electron chi connectivity index (χ0n) is 109. The van der Waals surface area contributed by atoms with Crippen molar-refractivity contribution in [1.82, 2.24) is 24.5 Å². The fourth-order valence-corrected chi connectivity index (χ4v) is 16.8. The van der Waals surface area contributed by atoms with Crippen molar-refractivity contribution in [2.24, 2.45) is 58.6 Å². The summed E-state index contributed by atoms with van der Waals surface area (Å²) in [7, 11) is 1.84. The summed E-state index contributed by atoms with van der Waals surface area (Å²) in [6.45, 7) is -2.11. The molecule has 0 amide bonds. The van der Waals surface area contributed by atoms with E-state index in [-0.39, 0.29) is 129 Å². The SMILES string of the molecule is [2H]C([2H])([2H])Oc1cc2c(cc1OC)CCN1C2C([2H])([2H])C([2H])(O)C([2H])(CC(C)C)C1([2H])[2H].[2H]C([2H])([2H])Oc1cc2c(cc1OC)CCN1C2CC(O)C(C([2H])([2H])C(C)(C([2H])([2H])[2H])C([2H])([2H])[2H])C1([2H])[2H].[2H]C([2H])([2H])Oc1cc2c(cc1OC)CCN1C2CC(O)C(CC(C)C)C1([2H])[2H].[2H]C1([2H])C2c3cc(OC)c(OC)cc3CCN2C([2H])([2H])C([2H])(CC(C)C)C1([2H])O.[2H]C1([2H])C2c3cc(OC)c(OC)cc3CCN2C([2H])([2H])C([2H])(CC(C)C)C1([2H])O. The Morgan fingerprint density at radius 1 is 0.362 bits per heavy atom. The van der Waals surface area contributed by atoms with Crippen LogP contribution in [0.1, 0.15) is 279 Å². The standard InChI is InChI=1S/C20H31NO3.4C19H29NO3/c1-20(2,3)11-14-12-21-7-6-13-8-18(23-4)19(24-5)9-15(13)16(21)10-17(14)22;4*1-12(2)7-14-11-20-6-5-13-8-18(22-3)19(23-4)9-15(13)16(20)10-17(14)21/h8-9,14,16-17,22H,6-7,10-12H2,1-5H3;4*8-9,12,14,16-17,21H,5-7,10-11H2,1-4H3/i1D3,2D3,5D3,11D2,12D2;4D3,10D2,11D2,14D,17D;2*10D2,11D2,14D,17D;4D3,11D2. The van der Waals surface area contributed by atoms with E-state index >= 15 is 0 Å². The number of aliphatic hydroxyl groups is 5. The third-order valence-electron chi connectivity index (χ3n) is 22.2. The highest BCUT2D eigenvalue weighted by molar-refractivity contribution is 5.54. The molecule has 0 saturated carbocycles. The quantitative estimate of drug-likeness (QED) is 0.0520. The fourth-order valence-electron chi connectivity index (χ4n) is 16.8. The zero-order chi connectivity index (χ0) is 118. The maximum Gasteiger partial charge on any atom is 0.161 e. The maximum absolute atomic E-state index is 11.1. The Labute approximate surface area is 750 Å². The van der Waals surface area contributed by atoms with Gasteiger partial charge in [0.1, 0.15) is 0 Å². The van der Waals surface area contributed by atoms with Crippen molar-refractivity contribution in [1.29, 1.82) is 0 Å². The van der Waals surface area contributed by atoms with Gasteiger partial charge in [-0.3, -0.25) is 24.5 Å². The van der Waals surface area contributed by atoms with E-state index in [2.05, 4.69) is 0 Å². The molecule has 20 nitrogen and oxygen atoms in total. The van der Waals surface area contributed by atoms with Crippen LogP contribution < -0.4 is 47.4 Å². The Kier molecular flexibility index (Phi) is 17.9. The van der Waals surface area contributed by atoms with E-state index in [1.165, 1.54) is 87.6 Å². The molecule has 116 heavy (non-hydrogen) atoms. The average molecular weight is 1650 g/mol. The van der Waals surface area contributed by atoms with Gasteiger partial charge in [0, 0.05) is 132 Å². The molecule has 646 valence electrons. The fraction of sp³-hybridized carbons (Fsp3) is 0.688. The lowest BCUT2D eigenvalue weighted by molar-refractivity contribution is -0.0259. The summed E-state index contributed by atoms with van der Waals surface area (Å²) in [5, 5.41) is 55.2. The van der Waals surface area contributed by atoms with E-state index in [1.807, 2.05) is 18.7 Å². The first-order chi connectivity index (χ1) is 70.4. The maximum atomic E-state index is 11.1. The largest absolute Gasteiger partial charge is 0.493 e. The second-order valence-corrected chi connectivity index (χ2v) is 32.6. The molecule has 0 radical (unpaired) electrons. The summed E-state index contributed by atoms with van der Waals surface area (Å²) >= 11 is 0. The van der Waals surface area contributed by atoms with Crippen molar-refractivity contribution in [2.45, 2.75) is 233 Å². The van der Waals surface area contributed by atoms with Gasteiger partial charge in [-0.05, 0) is 271 Å². The number of aliphatic hydroxyl groups excluding tert-OH is 2. The van der Waals surface area contributed by atoms with Gasteiger partial charge in [0.2, 0.25) is 0 Å². The molecule has 10 aliphatic heterocycles. The van der Waals surface area contributed by atoms with Gasteiger partial charge in [0.25, 0.3) is 0 Å². The Bertz CT molecular complexity index is 5680. The monoisotopic (exact) mass is 1650 g/mol. The van der Waals surface area contributed by atoms with Gasteiger partial charge >= 0.3 is 0 Å². The number of hydrogen-bond donors (Lipinski definition) is 5. The van der Waals surface area contributed by atoms with Gasteiger partial charge in [0.15, 0.2) is 57.5 Å². The van der Waals surface area contributed by atoms with E-state index < -0.39 is 182 Å². The zero-order valence-corrected chi connectivity index (χ0v) is 69.6. The Balaban J connectivity index is 0.000000184. The molecule has 15 unspecified atom stereocenters.